The zero-order chi connectivity index (χ0) is 14.4. The van der Waals surface area contributed by atoms with Crippen molar-refractivity contribution in [1.82, 2.24) is 5.32 Å². The SMILES string of the molecule is CCNC(C)c1c(OC)cccc1OC(C)C(C)C. The van der Waals surface area contributed by atoms with Crippen LogP contribution in [0.3, 0.4) is 0 Å². The topological polar surface area (TPSA) is 30.5 Å². The molecule has 108 valence electrons. The molecular formula is C16H27NO2. The first kappa shape index (κ1) is 15.8. The molecule has 2 atom stereocenters. The fourth-order valence-electron chi connectivity index (χ4n) is 1.98. The highest BCUT2D eigenvalue weighted by Crippen LogP contribution is 2.35. The Morgan fingerprint density at radius 2 is 1.74 bits per heavy atom. The number of ether oxygens (including phenoxy) is 2. The van der Waals surface area contributed by atoms with Gasteiger partial charge in [0.2, 0.25) is 0 Å². The summed E-state index contributed by atoms with van der Waals surface area (Å²) in [4.78, 5) is 0. The first-order chi connectivity index (χ1) is 9.01. The van der Waals surface area contributed by atoms with Gasteiger partial charge >= 0.3 is 0 Å². The van der Waals surface area contributed by atoms with Crippen molar-refractivity contribution in [2.75, 3.05) is 13.7 Å². The molecule has 3 heteroatoms. The lowest BCUT2D eigenvalue weighted by molar-refractivity contribution is 0.167. The van der Waals surface area contributed by atoms with Crippen molar-refractivity contribution in [1.29, 1.82) is 0 Å². The molecule has 0 spiro atoms. The highest BCUT2D eigenvalue weighted by atomic mass is 16.5. The molecule has 0 saturated carbocycles. The lowest BCUT2D eigenvalue weighted by atomic mass is 10.0. The molecule has 2 unspecified atom stereocenters. The first-order valence-electron chi connectivity index (χ1n) is 7.08. The number of methoxy groups -OCH3 is 1. The van der Waals surface area contributed by atoms with Crippen LogP contribution < -0.4 is 14.8 Å². The summed E-state index contributed by atoms with van der Waals surface area (Å²) >= 11 is 0. The number of hydrogen-bond donors (Lipinski definition) is 1. The van der Waals surface area contributed by atoms with Crippen LogP contribution in [-0.2, 0) is 0 Å². The van der Waals surface area contributed by atoms with Gasteiger partial charge in [-0.15, -0.1) is 0 Å². The van der Waals surface area contributed by atoms with Crippen molar-refractivity contribution >= 4 is 0 Å². The Balaban J connectivity index is 3.08. The molecule has 0 saturated heterocycles. The van der Waals surface area contributed by atoms with Gasteiger partial charge in [0.05, 0.1) is 18.8 Å². The van der Waals surface area contributed by atoms with E-state index in [1.165, 1.54) is 0 Å². The van der Waals surface area contributed by atoms with Gasteiger partial charge in [0, 0.05) is 6.04 Å². The van der Waals surface area contributed by atoms with Gasteiger partial charge in [-0.1, -0.05) is 26.8 Å². The van der Waals surface area contributed by atoms with E-state index in [4.69, 9.17) is 9.47 Å². The van der Waals surface area contributed by atoms with E-state index in [2.05, 4.69) is 39.9 Å². The molecule has 1 rings (SSSR count). The van der Waals surface area contributed by atoms with Crippen molar-refractivity contribution in [3.63, 3.8) is 0 Å². The fourth-order valence-corrected chi connectivity index (χ4v) is 1.98. The quantitative estimate of drug-likeness (QED) is 0.813. The molecule has 1 aromatic rings. The lowest BCUT2D eigenvalue weighted by Crippen LogP contribution is -2.23. The van der Waals surface area contributed by atoms with E-state index in [1.807, 2.05) is 18.2 Å². The summed E-state index contributed by atoms with van der Waals surface area (Å²) in [5, 5.41) is 3.42. The largest absolute Gasteiger partial charge is 0.496 e. The Kier molecular flexibility index (Phi) is 6.16. The van der Waals surface area contributed by atoms with Gasteiger partial charge in [-0.25, -0.2) is 0 Å². The second-order valence-corrected chi connectivity index (χ2v) is 5.22. The minimum Gasteiger partial charge on any atom is -0.496 e. The van der Waals surface area contributed by atoms with Gasteiger partial charge in [-0.05, 0) is 38.4 Å². The Bertz CT molecular complexity index is 390. The molecule has 0 heterocycles. The molecule has 3 nitrogen and oxygen atoms in total. The fraction of sp³-hybridized carbons (Fsp3) is 0.625. The van der Waals surface area contributed by atoms with Crippen molar-refractivity contribution < 1.29 is 9.47 Å². The van der Waals surface area contributed by atoms with Crippen LogP contribution in [0.2, 0.25) is 0 Å². The average molecular weight is 265 g/mol. The molecular weight excluding hydrogens is 238 g/mol. The minimum absolute atomic E-state index is 0.180. The number of benzene rings is 1. The summed E-state index contributed by atoms with van der Waals surface area (Å²) < 4.78 is 11.6. The monoisotopic (exact) mass is 265 g/mol. The molecule has 0 aliphatic rings. The molecule has 0 aliphatic heterocycles. The summed E-state index contributed by atoms with van der Waals surface area (Å²) in [5.41, 5.74) is 1.10. The summed E-state index contributed by atoms with van der Waals surface area (Å²) in [5.74, 6) is 2.27. The maximum Gasteiger partial charge on any atom is 0.128 e. The highest BCUT2D eigenvalue weighted by molar-refractivity contribution is 5.46. The van der Waals surface area contributed by atoms with Crippen molar-refractivity contribution in [2.45, 2.75) is 46.8 Å². The lowest BCUT2D eigenvalue weighted by Gasteiger charge is -2.24. The van der Waals surface area contributed by atoms with Crippen molar-refractivity contribution in [2.24, 2.45) is 5.92 Å². The van der Waals surface area contributed by atoms with E-state index in [1.54, 1.807) is 7.11 Å². The van der Waals surface area contributed by atoms with Crippen LogP contribution in [0, 0.1) is 5.92 Å². The standard InChI is InChI=1S/C16H27NO2/c1-7-17-12(4)16-14(18-6)9-8-10-15(16)19-13(5)11(2)3/h8-13,17H,7H2,1-6H3. The summed E-state index contributed by atoms with van der Waals surface area (Å²) in [6, 6.07) is 6.18. The molecule has 19 heavy (non-hydrogen) atoms. The van der Waals surface area contributed by atoms with Crippen LogP contribution in [0.5, 0.6) is 11.5 Å². The van der Waals surface area contributed by atoms with Crippen LogP contribution in [0.25, 0.3) is 0 Å². The van der Waals surface area contributed by atoms with Crippen molar-refractivity contribution in [3.05, 3.63) is 23.8 Å². The van der Waals surface area contributed by atoms with E-state index in [9.17, 15) is 0 Å². The predicted octanol–water partition coefficient (Wildman–Crippen LogP) is 3.79. The van der Waals surface area contributed by atoms with Gasteiger partial charge < -0.3 is 14.8 Å². The third-order valence-electron chi connectivity index (χ3n) is 3.44. The average Bonchev–Trinajstić information content (AvgIpc) is 2.38. The van der Waals surface area contributed by atoms with Crippen LogP contribution >= 0.6 is 0 Å². The maximum absolute atomic E-state index is 6.10. The van der Waals surface area contributed by atoms with E-state index in [-0.39, 0.29) is 12.1 Å². The maximum atomic E-state index is 6.10. The molecule has 1 aromatic carbocycles. The normalized spacial score (nSPS) is 14.3. The summed E-state index contributed by atoms with van der Waals surface area (Å²) in [7, 11) is 1.70. The number of nitrogens with one attached hydrogen (secondary N) is 1. The second-order valence-electron chi connectivity index (χ2n) is 5.22. The first-order valence-corrected chi connectivity index (χ1v) is 7.08. The molecule has 0 aliphatic carbocycles. The second kappa shape index (κ2) is 7.39. The van der Waals surface area contributed by atoms with Gasteiger partial charge in [0.1, 0.15) is 11.5 Å². The zero-order valence-electron chi connectivity index (χ0n) is 13.0. The minimum atomic E-state index is 0.180. The van der Waals surface area contributed by atoms with Gasteiger partial charge in [0.15, 0.2) is 0 Å². The van der Waals surface area contributed by atoms with Crippen molar-refractivity contribution in [3.8, 4) is 11.5 Å². The smallest absolute Gasteiger partial charge is 0.128 e. The Morgan fingerprint density at radius 1 is 1.11 bits per heavy atom. The van der Waals surface area contributed by atoms with Crippen LogP contribution in [0.1, 0.15) is 46.2 Å². The molecule has 0 bridgehead atoms. The van der Waals surface area contributed by atoms with E-state index >= 15 is 0 Å². The molecule has 1 N–H and O–H groups in total. The summed E-state index contributed by atoms with van der Waals surface area (Å²) in [6.07, 6.45) is 0.180. The Labute approximate surface area is 117 Å². The molecule has 0 fully saturated rings. The van der Waals surface area contributed by atoms with E-state index in [0.717, 1.165) is 23.6 Å². The summed E-state index contributed by atoms with van der Waals surface area (Å²) in [6.45, 7) is 11.6. The zero-order valence-corrected chi connectivity index (χ0v) is 13.0. The Morgan fingerprint density at radius 3 is 2.26 bits per heavy atom. The highest BCUT2D eigenvalue weighted by Gasteiger charge is 2.19. The van der Waals surface area contributed by atoms with Crippen LogP contribution in [-0.4, -0.2) is 19.8 Å². The number of hydrogen-bond acceptors (Lipinski definition) is 3. The Hall–Kier alpha value is -1.22. The predicted molar refractivity (Wildman–Crippen MR) is 80.0 cm³/mol. The third-order valence-corrected chi connectivity index (χ3v) is 3.44. The number of rotatable bonds is 7. The van der Waals surface area contributed by atoms with Gasteiger partial charge in [-0.3, -0.25) is 0 Å². The van der Waals surface area contributed by atoms with E-state index in [0.29, 0.717) is 5.92 Å². The van der Waals surface area contributed by atoms with Gasteiger partial charge in [-0.2, -0.15) is 0 Å². The third kappa shape index (κ3) is 4.13. The molecule has 0 amide bonds. The van der Waals surface area contributed by atoms with Gasteiger partial charge in [0.25, 0.3) is 0 Å². The van der Waals surface area contributed by atoms with Crippen LogP contribution in [0.15, 0.2) is 18.2 Å². The molecule has 0 radical (unpaired) electrons. The molecule has 0 aromatic heterocycles. The van der Waals surface area contributed by atoms with E-state index < -0.39 is 0 Å². The van der Waals surface area contributed by atoms with Crippen LogP contribution in [0.4, 0.5) is 0 Å².